The van der Waals surface area contributed by atoms with Gasteiger partial charge >= 0.3 is 0 Å². The number of nitrogens with zero attached hydrogens (tertiary/aromatic N) is 1. The Labute approximate surface area is 172 Å². The van der Waals surface area contributed by atoms with E-state index in [9.17, 15) is 24.2 Å². The molecule has 6 heteroatoms. The molecule has 1 saturated heterocycles. The van der Waals surface area contributed by atoms with E-state index in [2.05, 4.69) is 0 Å². The second kappa shape index (κ2) is 7.83. The quantitative estimate of drug-likeness (QED) is 0.390. The van der Waals surface area contributed by atoms with Gasteiger partial charge in [-0.25, -0.2) is 4.39 Å². The van der Waals surface area contributed by atoms with Crippen molar-refractivity contribution < 1.29 is 24.2 Å². The topological polar surface area (TPSA) is 77.8 Å². The third-order valence-corrected chi connectivity index (χ3v) is 5.06. The molecule has 4 rings (SSSR count). The number of benzene rings is 3. The smallest absolute Gasteiger partial charge is 0.295 e. The Kier molecular flexibility index (Phi) is 5.06. The lowest BCUT2D eigenvalue weighted by molar-refractivity contribution is -0.140. The van der Waals surface area contributed by atoms with Gasteiger partial charge in [-0.2, -0.15) is 0 Å². The number of aliphatic hydroxyl groups is 1. The number of rotatable bonds is 4. The first-order chi connectivity index (χ1) is 14.5. The molecule has 0 bridgehead atoms. The van der Waals surface area contributed by atoms with Crippen molar-refractivity contribution in [2.75, 3.05) is 0 Å². The largest absolute Gasteiger partial charge is 0.508 e. The predicted molar refractivity (Wildman–Crippen MR) is 109 cm³/mol. The number of halogens is 1. The summed E-state index contributed by atoms with van der Waals surface area (Å²) in [5, 5.41) is 20.5. The standard InChI is InChI=1S/C24H18FNO4/c25-18-10-6-17(7-11-18)22(28)20-21(16-8-12-19(27)13-9-16)26(24(30)23(20)29)14-15-4-2-1-3-5-15/h1-13,21,27-28H,14H2/b22-20+. The Balaban J connectivity index is 1.85. The maximum atomic E-state index is 13.3. The van der Waals surface area contributed by atoms with Crippen LogP contribution in [0.4, 0.5) is 4.39 Å². The van der Waals surface area contributed by atoms with Crippen LogP contribution in [0.1, 0.15) is 22.7 Å². The Hall–Kier alpha value is -3.93. The number of aromatic hydroxyl groups is 1. The van der Waals surface area contributed by atoms with Crippen molar-refractivity contribution in [2.45, 2.75) is 12.6 Å². The van der Waals surface area contributed by atoms with E-state index in [0.717, 1.165) is 5.56 Å². The number of phenols is 1. The third kappa shape index (κ3) is 3.55. The molecule has 1 fully saturated rings. The van der Waals surface area contributed by atoms with Gasteiger partial charge in [0.15, 0.2) is 0 Å². The summed E-state index contributed by atoms with van der Waals surface area (Å²) in [6.45, 7) is 0.164. The highest BCUT2D eigenvalue weighted by Crippen LogP contribution is 2.40. The summed E-state index contributed by atoms with van der Waals surface area (Å²) in [6, 6.07) is 19.5. The van der Waals surface area contributed by atoms with E-state index in [1.807, 2.05) is 30.3 Å². The van der Waals surface area contributed by atoms with E-state index in [-0.39, 0.29) is 29.2 Å². The number of hydrogen-bond donors (Lipinski definition) is 2. The van der Waals surface area contributed by atoms with Crippen LogP contribution >= 0.6 is 0 Å². The minimum absolute atomic E-state index is 0.0392. The summed E-state index contributed by atoms with van der Waals surface area (Å²) in [5.41, 5.74) is 1.54. The highest BCUT2D eigenvalue weighted by atomic mass is 19.1. The average molecular weight is 403 g/mol. The lowest BCUT2D eigenvalue weighted by Crippen LogP contribution is -2.29. The zero-order chi connectivity index (χ0) is 21.3. The molecule has 2 N–H and O–H groups in total. The van der Waals surface area contributed by atoms with Crippen molar-refractivity contribution in [3.05, 3.63) is 107 Å². The predicted octanol–water partition coefficient (Wildman–Crippen LogP) is 4.15. The summed E-state index contributed by atoms with van der Waals surface area (Å²) in [4.78, 5) is 27.2. The molecular weight excluding hydrogens is 385 g/mol. The van der Waals surface area contributed by atoms with Crippen LogP contribution in [0.2, 0.25) is 0 Å². The van der Waals surface area contributed by atoms with Gasteiger partial charge in [0.05, 0.1) is 11.6 Å². The van der Waals surface area contributed by atoms with Crippen LogP contribution in [-0.4, -0.2) is 26.8 Å². The van der Waals surface area contributed by atoms with Crippen molar-refractivity contribution in [3.8, 4) is 5.75 Å². The van der Waals surface area contributed by atoms with Crippen molar-refractivity contribution in [1.82, 2.24) is 4.90 Å². The van der Waals surface area contributed by atoms with E-state index in [1.54, 1.807) is 12.1 Å². The van der Waals surface area contributed by atoms with Gasteiger partial charge in [0, 0.05) is 12.1 Å². The van der Waals surface area contributed by atoms with Gasteiger partial charge < -0.3 is 15.1 Å². The molecule has 1 amide bonds. The van der Waals surface area contributed by atoms with Gasteiger partial charge in [0.25, 0.3) is 11.7 Å². The van der Waals surface area contributed by atoms with Crippen LogP contribution in [0.5, 0.6) is 5.75 Å². The Morgan fingerprint density at radius 2 is 1.53 bits per heavy atom. The highest BCUT2D eigenvalue weighted by molar-refractivity contribution is 6.46. The minimum Gasteiger partial charge on any atom is -0.508 e. The van der Waals surface area contributed by atoms with Crippen LogP contribution in [0.25, 0.3) is 5.76 Å². The summed E-state index contributed by atoms with van der Waals surface area (Å²) in [6.07, 6.45) is 0. The fourth-order valence-electron chi connectivity index (χ4n) is 3.59. The van der Waals surface area contributed by atoms with E-state index in [0.29, 0.717) is 5.56 Å². The van der Waals surface area contributed by atoms with E-state index in [4.69, 9.17) is 0 Å². The van der Waals surface area contributed by atoms with Gasteiger partial charge in [-0.3, -0.25) is 9.59 Å². The number of amides is 1. The zero-order valence-corrected chi connectivity index (χ0v) is 15.8. The minimum atomic E-state index is -0.851. The first-order valence-corrected chi connectivity index (χ1v) is 9.33. The van der Waals surface area contributed by atoms with Gasteiger partial charge in [0.2, 0.25) is 0 Å². The molecule has 150 valence electrons. The molecule has 3 aromatic carbocycles. The first-order valence-electron chi connectivity index (χ1n) is 9.33. The van der Waals surface area contributed by atoms with Gasteiger partial charge in [0.1, 0.15) is 17.3 Å². The molecule has 1 aliphatic heterocycles. The summed E-state index contributed by atoms with van der Waals surface area (Å²) in [7, 11) is 0. The Morgan fingerprint density at radius 3 is 2.17 bits per heavy atom. The molecule has 3 aromatic rings. The van der Waals surface area contributed by atoms with Crippen LogP contribution in [0.3, 0.4) is 0 Å². The molecule has 0 radical (unpaired) electrons. The Bertz CT molecular complexity index is 1120. The molecular formula is C24H18FNO4. The Morgan fingerprint density at radius 1 is 0.900 bits per heavy atom. The van der Waals surface area contributed by atoms with E-state index in [1.165, 1.54) is 41.3 Å². The van der Waals surface area contributed by atoms with Gasteiger partial charge in [-0.1, -0.05) is 42.5 Å². The van der Waals surface area contributed by atoms with Crippen LogP contribution in [0.15, 0.2) is 84.4 Å². The number of carbonyl (C=O) groups excluding carboxylic acids is 2. The lowest BCUT2D eigenvalue weighted by atomic mass is 9.95. The number of hydrogen-bond acceptors (Lipinski definition) is 4. The molecule has 30 heavy (non-hydrogen) atoms. The molecule has 0 spiro atoms. The fourth-order valence-corrected chi connectivity index (χ4v) is 3.59. The second-order valence-corrected chi connectivity index (χ2v) is 7.01. The van der Waals surface area contributed by atoms with Crippen molar-refractivity contribution in [1.29, 1.82) is 0 Å². The van der Waals surface area contributed by atoms with Gasteiger partial charge in [-0.05, 0) is 47.5 Å². The SMILES string of the molecule is O=C1C(=O)N(Cc2ccccc2)C(c2ccc(O)cc2)/C1=C(\O)c1ccc(F)cc1. The lowest BCUT2D eigenvalue weighted by Gasteiger charge is -2.25. The van der Waals surface area contributed by atoms with E-state index >= 15 is 0 Å². The highest BCUT2D eigenvalue weighted by Gasteiger charge is 2.46. The fraction of sp³-hybridized carbons (Fsp3) is 0.0833. The average Bonchev–Trinajstić information content (AvgIpc) is 3.00. The number of likely N-dealkylation sites (tertiary alicyclic amines) is 1. The van der Waals surface area contributed by atoms with E-state index < -0.39 is 23.5 Å². The first kappa shape index (κ1) is 19.4. The second-order valence-electron chi connectivity index (χ2n) is 7.01. The van der Waals surface area contributed by atoms with Crippen LogP contribution in [-0.2, 0) is 16.1 Å². The van der Waals surface area contributed by atoms with Gasteiger partial charge in [-0.15, -0.1) is 0 Å². The number of carbonyl (C=O) groups is 2. The molecule has 1 aliphatic rings. The maximum absolute atomic E-state index is 13.3. The number of Topliss-reactive ketones (excluding diaryl/α,β-unsaturated/α-hetero) is 1. The molecule has 0 aromatic heterocycles. The van der Waals surface area contributed by atoms with Crippen LogP contribution < -0.4 is 0 Å². The molecule has 0 aliphatic carbocycles. The molecule has 1 atom stereocenters. The summed E-state index contributed by atoms with van der Waals surface area (Å²) in [5.74, 6) is -2.36. The van der Waals surface area contributed by atoms with Crippen molar-refractivity contribution >= 4 is 17.4 Å². The number of phenolic OH excluding ortho intramolecular Hbond substituents is 1. The summed E-state index contributed by atoms with van der Waals surface area (Å²) < 4.78 is 13.3. The van der Waals surface area contributed by atoms with Crippen molar-refractivity contribution in [3.63, 3.8) is 0 Å². The van der Waals surface area contributed by atoms with Crippen LogP contribution in [0, 0.1) is 5.82 Å². The molecule has 1 heterocycles. The third-order valence-electron chi connectivity index (χ3n) is 5.06. The number of ketones is 1. The van der Waals surface area contributed by atoms with Crippen molar-refractivity contribution in [2.24, 2.45) is 0 Å². The normalized spacial score (nSPS) is 18.0. The zero-order valence-electron chi connectivity index (χ0n) is 15.8. The monoisotopic (exact) mass is 403 g/mol. The molecule has 0 saturated carbocycles. The summed E-state index contributed by atoms with van der Waals surface area (Å²) >= 11 is 0. The maximum Gasteiger partial charge on any atom is 0.295 e. The molecule has 5 nitrogen and oxygen atoms in total. The number of aliphatic hydroxyl groups excluding tert-OH is 1. The molecule has 1 unspecified atom stereocenters.